The van der Waals surface area contributed by atoms with Crippen molar-refractivity contribution >= 4 is 11.6 Å². The molecule has 0 saturated heterocycles. The molecule has 0 spiro atoms. The number of aliphatic hydroxyl groups is 1. The first-order chi connectivity index (χ1) is 6.60. The molecule has 2 nitrogen and oxygen atoms in total. The summed E-state index contributed by atoms with van der Waals surface area (Å²) in [6.07, 6.45) is -1.08. The van der Waals surface area contributed by atoms with Crippen molar-refractivity contribution in [3.05, 3.63) is 29.3 Å². The van der Waals surface area contributed by atoms with Crippen molar-refractivity contribution in [2.75, 3.05) is 13.0 Å². The smallest absolute Gasteiger partial charge is 0.190 e. The van der Waals surface area contributed by atoms with E-state index in [4.69, 9.17) is 11.6 Å². The highest BCUT2D eigenvalue weighted by molar-refractivity contribution is 6.18. The molecule has 0 aliphatic rings. The standard InChI is InChI=1S/C9H9ClF2O2/c1-14-9-6(11)2-5(3-7(9)12)8(13)4-10/h2-3,8,13H,4H2,1H3/t8-/m0/s1. The van der Waals surface area contributed by atoms with Gasteiger partial charge in [0.15, 0.2) is 17.4 Å². The number of methoxy groups -OCH3 is 1. The topological polar surface area (TPSA) is 29.5 Å². The average Bonchev–Trinajstić information content (AvgIpc) is 2.16. The SMILES string of the molecule is COc1c(F)cc([C@@H](O)CCl)cc1F. The van der Waals surface area contributed by atoms with E-state index >= 15 is 0 Å². The molecule has 1 aromatic rings. The molecule has 5 heteroatoms. The number of rotatable bonds is 3. The Morgan fingerprint density at radius 3 is 2.29 bits per heavy atom. The van der Waals surface area contributed by atoms with Crippen LogP contribution in [0.5, 0.6) is 5.75 Å². The maximum atomic E-state index is 13.1. The lowest BCUT2D eigenvalue weighted by Gasteiger charge is -2.09. The fourth-order valence-electron chi connectivity index (χ4n) is 1.06. The fraction of sp³-hybridized carbons (Fsp3) is 0.333. The van der Waals surface area contributed by atoms with Crippen LogP contribution in [-0.2, 0) is 0 Å². The molecular weight excluding hydrogens is 214 g/mol. The number of ether oxygens (including phenoxy) is 1. The molecule has 1 atom stereocenters. The molecule has 0 unspecified atom stereocenters. The molecule has 0 fully saturated rings. The summed E-state index contributed by atoms with van der Waals surface area (Å²) < 4.78 is 30.7. The van der Waals surface area contributed by atoms with Crippen molar-refractivity contribution in [1.29, 1.82) is 0 Å². The predicted molar refractivity (Wildman–Crippen MR) is 48.6 cm³/mol. The number of alkyl halides is 1. The van der Waals surface area contributed by atoms with Crippen LogP contribution < -0.4 is 4.74 Å². The summed E-state index contributed by atoms with van der Waals surface area (Å²) >= 11 is 5.34. The molecule has 14 heavy (non-hydrogen) atoms. The van der Waals surface area contributed by atoms with E-state index < -0.39 is 23.5 Å². The first-order valence-electron chi connectivity index (χ1n) is 3.87. The van der Waals surface area contributed by atoms with Gasteiger partial charge in [0.2, 0.25) is 0 Å². The van der Waals surface area contributed by atoms with Crippen molar-refractivity contribution in [1.82, 2.24) is 0 Å². The molecule has 0 heterocycles. The van der Waals surface area contributed by atoms with E-state index in [1.165, 1.54) is 7.11 Å². The highest BCUT2D eigenvalue weighted by Crippen LogP contribution is 2.26. The second-order valence-electron chi connectivity index (χ2n) is 2.69. The summed E-state index contributed by atoms with van der Waals surface area (Å²) in [7, 11) is 1.17. The van der Waals surface area contributed by atoms with Gasteiger partial charge in [-0.3, -0.25) is 0 Å². The lowest BCUT2D eigenvalue weighted by molar-refractivity contribution is 0.201. The Balaban J connectivity index is 3.13. The van der Waals surface area contributed by atoms with Gasteiger partial charge in [-0.2, -0.15) is 0 Å². The van der Waals surface area contributed by atoms with Crippen molar-refractivity contribution in [3.8, 4) is 5.75 Å². The van der Waals surface area contributed by atoms with Crippen LogP contribution in [0.3, 0.4) is 0 Å². The zero-order valence-corrected chi connectivity index (χ0v) is 8.18. The largest absolute Gasteiger partial charge is 0.491 e. The Labute approximate surface area is 85.1 Å². The van der Waals surface area contributed by atoms with Crippen molar-refractivity contribution in [3.63, 3.8) is 0 Å². The summed E-state index contributed by atoms with van der Waals surface area (Å²) in [5.74, 6) is -2.29. The van der Waals surface area contributed by atoms with Gasteiger partial charge in [0.05, 0.1) is 19.1 Å². The average molecular weight is 223 g/mol. The van der Waals surface area contributed by atoms with Crippen LogP contribution in [0, 0.1) is 11.6 Å². The third kappa shape index (κ3) is 2.13. The minimum absolute atomic E-state index is 0.0933. The van der Waals surface area contributed by atoms with Crippen molar-refractivity contribution in [2.45, 2.75) is 6.10 Å². The normalized spacial score (nSPS) is 12.6. The van der Waals surface area contributed by atoms with E-state index in [0.717, 1.165) is 12.1 Å². The molecule has 1 aromatic carbocycles. The molecule has 0 aliphatic carbocycles. The minimum Gasteiger partial charge on any atom is -0.491 e. The van der Waals surface area contributed by atoms with Gasteiger partial charge in [-0.25, -0.2) is 8.78 Å². The quantitative estimate of drug-likeness (QED) is 0.795. The molecule has 1 N–H and O–H groups in total. The van der Waals surface area contributed by atoms with E-state index in [1.807, 2.05) is 0 Å². The summed E-state index contributed by atoms with van der Waals surface area (Å²) in [5.41, 5.74) is 0.0933. The fourth-order valence-corrected chi connectivity index (χ4v) is 1.23. The van der Waals surface area contributed by atoms with Crippen LogP contribution in [0.25, 0.3) is 0 Å². The Bertz CT molecular complexity index is 308. The lowest BCUT2D eigenvalue weighted by Crippen LogP contribution is -2.02. The summed E-state index contributed by atoms with van der Waals surface area (Å²) in [5, 5.41) is 9.24. The molecule has 0 saturated carbocycles. The van der Waals surface area contributed by atoms with E-state index in [-0.39, 0.29) is 11.4 Å². The van der Waals surface area contributed by atoms with Gasteiger partial charge >= 0.3 is 0 Å². The van der Waals surface area contributed by atoms with E-state index in [0.29, 0.717) is 0 Å². The van der Waals surface area contributed by atoms with Crippen LogP contribution >= 0.6 is 11.6 Å². The van der Waals surface area contributed by atoms with Crippen molar-refractivity contribution < 1.29 is 18.6 Å². The molecule has 78 valence electrons. The van der Waals surface area contributed by atoms with Crippen LogP contribution in [-0.4, -0.2) is 18.1 Å². The molecule has 0 aromatic heterocycles. The maximum Gasteiger partial charge on any atom is 0.190 e. The second kappa shape index (κ2) is 4.57. The Morgan fingerprint density at radius 1 is 1.43 bits per heavy atom. The number of hydrogen-bond donors (Lipinski definition) is 1. The number of aliphatic hydroxyl groups excluding tert-OH is 1. The zero-order chi connectivity index (χ0) is 10.7. The van der Waals surface area contributed by atoms with E-state index in [9.17, 15) is 13.9 Å². The van der Waals surface area contributed by atoms with Crippen LogP contribution in [0.15, 0.2) is 12.1 Å². The predicted octanol–water partition coefficient (Wildman–Crippen LogP) is 2.25. The summed E-state index contributed by atoms with van der Waals surface area (Å²) in [4.78, 5) is 0. The first-order valence-corrected chi connectivity index (χ1v) is 4.40. The molecule has 0 radical (unpaired) electrons. The Hall–Kier alpha value is -0.870. The number of hydrogen-bond acceptors (Lipinski definition) is 2. The molecule has 0 bridgehead atoms. The van der Waals surface area contributed by atoms with Gasteiger partial charge in [0, 0.05) is 0 Å². The monoisotopic (exact) mass is 222 g/mol. The van der Waals surface area contributed by atoms with E-state index in [1.54, 1.807) is 0 Å². The van der Waals surface area contributed by atoms with Gasteiger partial charge < -0.3 is 9.84 Å². The zero-order valence-electron chi connectivity index (χ0n) is 7.43. The van der Waals surface area contributed by atoms with Gasteiger partial charge in [-0.05, 0) is 17.7 Å². The molecule has 1 rings (SSSR count). The van der Waals surface area contributed by atoms with Crippen molar-refractivity contribution in [2.24, 2.45) is 0 Å². The molecule has 0 amide bonds. The van der Waals surface area contributed by atoms with Gasteiger partial charge in [0.25, 0.3) is 0 Å². The highest BCUT2D eigenvalue weighted by Gasteiger charge is 2.15. The van der Waals surface area contributed by atoms with Gasteiger partial charge in [-0.1, -0.05) is 0 Å². The Morgan fingerprint density at radius 2 is 1.93 bits per heavy atom. The Kier molecular flexibility index (Phi) is 3.66. The highest BCUT2D eigenvalue weighted by atomic mass is 35.5. The summed E-state index contributed by atoms with van der Waals surface area (Å²) in [6.45, 7) is 0. The van der Waals surface area contributed by atoms with E-state index in [2.05, 4.69) is 4.74 Å². The number of benzene rings is 1. The van der Waals surface area contributed by atoms with Gasteiger partial charge in [0.1, 0.15) is 0 Å². The van der Waals surface area contributed by atoms with Crippen LogP contribution in [0.4, 0.5) is 8.78 Å². The van der Waals surface area contributed by atoms with Crippen LogP contribution in [0.2, 0.25) is 0 Å². The first kappa shape index (κ1) is 11.2. The van der Waals surface area contributed by atoms with Gasteiger partial charge in [-0.15, -0.1) is 11.6 Å². The third-order valence-electron chi connectivity index (χ3n) is 1.76. The molecular formula is C9H9ClF2O2. The minimum atomic E-state index is -1.08. The number of halogens is 3. The molecule has 0 aliphatic heterocycles. The van der Waals surface area contributed by atoms with Crippen LogP contribution in [0.1, 0.15) is 11.7 Å². The second-order valence-corrected chi connectivity index (χ2v) is 3.00. The maximum absolute atomic E-state index is 13.1. The summed E-state index contributed by atoms with van der Waals surface area (Å²) in [6, 6.07) is 1.99. The lowest BCUT2D eigenvalue weighted by atomic mass is 10.1. The third-order valence-corrected chi connectivity index (χ3v) is 2.05.